The van der Waals surface area contributed by atoms with Crippen molar-refractivity contribution < 1.29 is 4.79 Å². The maximum Gasteiger partial charge on any atom is 0.317 e. The molecule has 1 aliphatic rings. The molecule has 0 unspecified atom stereocenters. The highest BCUT2D eigenvalue weighted by molar-refractivity contribution is 5.75. The first-order valence-corrected chi connectivity index (χ1v) is 4.61. The zero-order chi connectivity index (χ0) is 10.1. The highest BCUT2D eigenvalue weighted by atomic mass is 16.2. The zero-order valence-electron chi connectivity index (χ0n) is 8.25. The standard InChI is InChI=1S/C4H8N2O.C4H12N2/c1-6-3-2-5-4(6)7;5-3-1-2-4-6/h2-3H2,1H3,(H,5,7);1-6H2. The van der Waals surface area contributed by atoms with Gasteiger partial charge in [0.25, 0.3) is 0 Å². The minimum absolute atomic E-state index is 0.0417. The van der Waals surface area contributed by atoms with Crippen LogP contribution >= 0.6 is 0 Å². The van der Waals surface area contributed by atoms with E-state index < -0.39 is 0 Å². The summed E-state index contributed by atoms with van der Waals surface area (Å²) in [6, 6.07) is 0.0417. The molecule has 0 bridgehead atoms. The van der Waals surface area contributed by atoms with Gasteiger partial charge < -0.3 is 21.7 Å². The quantitative estimate of drug-likeness (QED) is 0.513. The highest BCUT2D eigenvalue weighted by Crippen LogP contribution is 1.88. The molecule has 0 radical (unpaired) electrons. The van der Waals surface area contributed by atoms with E-state index in [1.54, 1.807) is 11.9 Å². The lowest BCUT2D eigenvalue weighted by Crippen LogP contribution is -2.23. The molecule has 78 valence electrons. The van der Waals surface area contributed by atoms with Crippen molar-refractivity contribution in [3.8, 4) is 0 Å². The minimum Gasteiger partial charge on any atom is -0.336 e. The SMILES string of the molecule is CN1CCNC1=O.NCCCCN. The third-order valence-electron chi connectivity index (χ3n) is 1.73. The maximum absolute atomic E-state index is 10.4. The summed E-state index contributed by atoms with van der Waals surface area (Å²) in [5, 5.41) is 2.66. The molecule has 0 spiro atoms. The normalized spacial score (nSPS) is 15.0. The number of nitrogens with two attached hydrogens (primary N) is 2. The molecule has 0 atom stereocenters. The van der Waals surface area contributed by atoms with E-state index in [4.69, 9.17) is 11.5 Å². The molecule has 0 aromatic heterocycles. The maximum atomic E-state index is 10.4. The van der Waals surface area contributed by atoms with Crippen LogP contribution in [0.25, 0.3) is 0 Å². The molecule has 5 nitrogen and oxygen atoms in total. The van der Waals surface area contributed by atoms with Crippen LogP contribution in [0.5, 0.6) is 0 Å². The molecule has 2 amide bonds. The molecule has 13 heavy (non-hydrogen) atoms. The van der Waals surface area contributed by atoms with Crippen LogP contribution < -0.4 is 16.8 Å². The van der Waals surface area contributed by atoms with Crippen LogP contribution in [0, 0.1) is 0 Å². The number of carbonyl (C=O) groups excluding carboxylic acids is 1. The van der Waals surface area contributed by atoms with E-state index in [0.29, 0.717) is 0 Å². The Morgan fingerprint density at radius 2 is 1.92 bits per heavy atom. The van der Waals surface area contributed by atoms with Gasteiger partial charge in [0.2, 0.25) is 0 Å². The van der Waals surface area contributed by atoms with Gasteiger partial charge in [-0.1, -0.05) is 0 Å². The van der Waals surface area contributed by atoms with Crippen LogP contribution in [0.15, 0.2) is 0 Å². The number of carbonyl (C=O) groups is 1. The van der Waals surface area contributed by atoms with Crippen LogP contribution in [0.3, 0.4) is 0 Å². The van der Waals surface area contributed by atoms with Crippen molar-refractivity contribution in [1.82, 2.24) is 10.2 Å². The van der Waals surface area contributed by atoms with Gasteiger partial charge in [0, 0.05) is 20.1 Å². The third-order valence-corrected chi connectivity index (χ3v) is 1.73. The van der Waals surface area contributed by atoms with Crippen molar-refractivity contribution in [3.63, 3.8) is 0 Å². The number of nitrogens with zero attached hydrogens (tertiary/aromatic N) is 1. The molecule has 0 saturated carbocycles. The first-order chi connectivity index (χ1) is 6.22. The lowest BCUT2D eigenvalue weighted by molar-refractivity contribution is 0.226. The summed E-state index contributed by atoms with van der Waals surface area (Å²) in [7, 11) is 1.78. The first-order valence-electron chi connectivity index (χ1n) is 4.61. The van der Waals surface area contributed by atoms with Crippen molar-refractivity contribution in [2.24, 2.45) is 11.5 Å². The molecule has 0 aromatic carbocycles. The Morgan fingerprint density at radius 3 is 2.08 bits per heavy atom. The smallest absolute Gasteiger partial charge is 0.317 e. The van der Waals surface area contributed by atoms with Gasteiger partial charge in [-0.3, -0.25) is 0 Å². The zero-order valence-corrected chi connectivity index (χ0v) is 8.25. The van der Waals surface area contributed by atoms with Crippen molar-refractivity contribution in [2.75, 3.05) is 33.2 Å². The molecule has 0 aromatic rings. The molecular weight excluding hydrogens is 168 g/mol. The fourth-order valence-corrected chi connectivity index (χ4v) is 0.856. The van der Waals surface area contributed by atoms with Gasteiger partial charge in [0.15, 0.2) is 0 Å². The van der Waals surface area contributed by atoms with E-state index >= 15 is 0 Å². The molecule has 5 heteroatoms. The van der Waals surface area contributed by atoms with E-state index in [1.165, 1.54) is 0 Å². The number of urea groups is 1. The molecular formula is C8H20N4O. The van der Waals surface area contributed by atoms with E-state index in [9.17, 15) is 4.79 Å². The second-order valence-corrected chi connectivity index (χ2v) is 2.94. The van der Waals surface area contributed by atoms with Gasteiger partial charge >= 0.3 is 6.03 Å². The molecule has 1 saturated heterocycles. The van der Waals surface area contributed by atoms with Crippen molar-refractivity contribution in [3.05, 3.63) is 0 Å². The topological polar surface area (TPSA) is 84.4 Å². The van der Waals surface area contributed by atoms with Gasteiger partial charge in [-0.05, 0) is 25.9 Å². The molecule has 1 aliphatic heterocycles. The largest absolute Gasteiger partial charge is 0.336 e. The second-order valence-electron chi connectivity index (χ2n) is 2.94. The molecule has 5 N–H and O–H groups in total. The second kappa shape index (κ2) is 7.82. The number of nitrogens with one attached hydrogen (secondary N) is 1. The molecule has 1 fully saturated rings. The van der Waals surface area contributed by atoms with Gasteiger partial charge in [0.05, 0.1) is 0 Å². The van der Waals surface area contributed by atoms with E-state index in [2.05, 4.69) is 5.32 Å². The lowest BCUT2D eigenvalue weighted by Gasteiger charge is -2.01. The van der Waals surface area contributed by atoms with Gasteiger partial charge in [-0.2, -0.15) is 0 Å². The average molecular weight is 188 g/mol. The number of rotatable bonds is 3. The number of unbranched alkanes of at least 4 members (excludes halogenated alkanes) is 1. The van der Waals surface area contributed by atoms with Crippen molar-refractivity contribution >= 4 is 6.03 Å². The Morgan fingerprint density at radius 1 is 1.38 bits per heavy atom. The molecule has 1 heterocycles. The first kappa shape index (κ1) is 12.2. The number of hydrogen-bond donors (Lipinski definition) is 3. The van der Waals surface area contributed by atoms with Gasteiger partial charge in [0.1, 0.15) is 0 Å². The molecule has 0 aliphatic carbocycles. The van der Waals surface area contributed by atoms with Gasteiger partial charge in [-0.25, -0.2) is 4.79 Å². The summed E-state index contributed by atoms with van der Waals surface area (Å²) >= 11 is 0. The average Bonchev–Trinajstić information content (AvgIpc) is 2.49. The number of hydrogen-bond acceptors (Lipinski definition) is 3. The number of amides is 2. The Labute approximate surface area is 79.4 Å². The minimum atomic E-state index is 0.0417. The number of likely N-dealkylation sites (N-methyl/N-ethyl adjacent to an activating group) is 1. The van der Waals surface area contributed by atoms with Crippen molar-refractivity contribution in [2.45, 2.75) is 12.8 Å². The van der Waals surface area contributed by atoms with Crippen LogP contribution in [0.4, 0.5) is 4.79 Å². The summed E-state index contributed by atoms with van der Waals surface area (Å²) in [5.74, 6) is 0. The van der Waals surface area contributed by atoms with Gasteiger partial charge in [-0.15, -0.1) is 0 Å². The van der Waals surface area contributed by atoms with E-state index in [0.717, 1.165) is 39.0 Å². The van der Waals surface area contributed by atoms with Crippen LogP contribution in [-0.2, 0) is 0 Å². The van der Waals surface area contributed by atoms with Crippen LogP contribution in [0.2, 0.25) is 0 Å². The third kappa shape index (κ3) is 6.36. The summed E-state index contributed by atoms with van der Waals surface area (Å²) < 4.78 is 0. The fourth-order valence-electron chi connectivity index (χ4n) is 0.856. The highest BCUT2D eigenvalue weighted by Gasteiger charge is 2.12. The predicted molar refractivity (Wildman–Crippen MR) is 53.4 cm³/mol. The summed E-state index contributed by atoms with van der Waals surface area (Å²) in [6.45, 7) is 3.20. The van der Waals surface area contributed by atoms with Crippen LogP contribution in [0.1, 0.15) is 12.8 Å². The van der Waals surface area contributed by atoms with Crippen LogP contribution in [-0.4, -0.2) is 44.2 Å². The Balaban J connectivity index is 0.000000226. The molecule has 1 rings (SSSR count). The predicted octanol–water partition coefficient (Wildman–Crippen LogP) is -0.675. The Bertz CT molecular complexity index is 136. The van der Waals surface area contributed by atoms with E-state index in [-0.39, 0.29) is 6.03 Å². The summed E-state index contributed by atoms with van der Waals surface area (Å²) in [5.41, 5.74) is 10.3. The monoisotopic (exact) mass is 188 g/mol. The van der Waals surface area contributed by atoms with E-state index in [1.807, 2.05) is 0 Å². The fraction of sp³-hybridized carbons (Fsp3) is 0.875. The van der Waals surface area contributed by atoms with Crippen molar-refractivity contribution in [1.29, 1.82) is 0 Å². The lowest BCUT2D eigenvalue weighted by atomic mass is 10.3. The Hall–Kier alpha value is -0.810. The summed E-state index contributed by atoms with van der Waals surface area (Å²) in [4.78, 5) is 12.0. The Kier molecular flexibility index (Phi) is 7.33. The summed E-state index contributed by atoms with van der Waals surface area (Å²) in [6.07, 6.45) is 2.13.